The molecule has 0 aliphatic carbocycles. The molecule has 0 spiro atoms. The van der Waals surface area contributed by atoms with Crippen molar-refractivity contribution in [2.45, 2.75) is 57.5 Å². The van der Waals surface area contributed by atoms with Crippen molar-refractivity contribution in [1.29, 1.82) is 0 Å². The quantitative estimate of drug-likeness (QED) is 0.477. The van der Waals surface area contributed by atoms with Gasteiger partial charge in [-0.05, 0) is 25.8 Å². The smallest absolute Gasteiger partial charge is 0.237 e. The van der Waals surface area contributed by atoms with E-state index in [1.165, 1.54) is 0 Å². The SMILES string of the molecule is CCCCC([C]=O)NC(=O)C(N)CCCCN. The van der Waals surface area contributed by atoms with Crippen LogP contribution in [0.1, 0.15) is 45.4 Å². The second-order valence-corrected chi connectivity index (χ2v) is 4.21. The van der Waals surface area contributed by atoms with Crippen molar-refractivity contribution in [2.75, 3.05) is 6.54 Å². The molecular weight excluding hydrogens is 218 g/mol. The highest BCUT2D eigenvalue weighted by Crippen LogP contribution is 2.01. The van der Waals surface area contributed by atoms with Gasteiger partial charge in [0, 0.05) is 0 Å². The summed E-state index contributed by atoms with van der Waals surface area (Å²) in [6, 6.07) is -1.08. The van der Waals surface area contributed by atoms with Gasteiger partial charge in [0.05, 0.1) is 12.1 Å². The fraction of sp³-hybridized carbons (Fsp3) is 0.833. The zero-order valence-electron chi connectivity index (χ0n) is 10.6. The third kappa shape index (κ3) is 7.88. The first-order chi connectivity index (χ1) is 8.15. The molecule has 0 aromatic heterocycles. The van der Waals surface area contributed by atoms with Gasteiger partial charge >= 0.3 is 0 Å². The zero-order chi connectivity index (χ0) is 13.1. The van der Waals surface area contributed by atoms with Gasteiger partial charge in [-0.25, -0.2) is 0 Å². The minimum Gasteiger partial charge on any atom is -0.344 e. The minimum atomic E-state index is -0.556. The van der Waals surface area contributed by atoms with E-state index in [9.17, 15) is 9.59 Å². The first-order valence-electron chi connectivity index (χ1n) is 6.29. The van der Waals surface area contributed by atoms with Gasteiger partial charge in [0.1, 0.15) is 0 Å². The van der Waals surface area contributed by atoms with E-state index in [2.05, 4.69) is 5.32 Å². The molecule has 1 amide bonds. The molecule has 5 nitrogen and oxygen atoms in total. The van der Waals surface area contributed by atoms with Crippen LogP contribution in [-0.2, 0) is 9.59 Å². The normalized spacial score (nSPS) is 14.1. The van der Waals surface area contributed by atoms with Crippen molar-refractivity contribution >= 4 is 12.2 Å². The minimum absolute atomic E-state index is 0.272. The largest absolute Gasteiger partial charge is 0.344 e. The van der Waals surface area contributed by atoms with E-state index in [0.717, 1.165) is 25.7 Å². The highest BCUT2D eigenvalue weighted by Gasteiger charge is 2.17. The average molecular weight is 242 g/mol. The molecule has 99 valence electrons. The lowest BCUT2D eigenvalue weighted by Crippen LogP contribution is -2.46. The van der Waals surface area contributed by atoms with Crippen LogP contribution in [0.4, 0.5) is 0 Å². The Bertz CT molecular complexity index is 222. The van der Waals surface area contributed by atoms with Crippen molar-refractivity contribution in [1.82, 2.24) is 5.32 Å². The zero-order valence-corrected chi connectivity index (χ0v) is 10.6. The number of carbonyl (C=O) groups excluding carboxylic acids is 2. The molecule has 0 rings (SSSR count). The van der Waals surface area contributed by atoms with E-state index < -0.39 is 12.1 Å². The molecule has 5 heteroatoms. The summed E-state index contributed by atoms with van der Waals surface area (Å²) in [5.74, 6) is -0.272. The van der Waals surface area contributed by atoms with Gasteiger partial charge in [-0.3, -0.25) is 9.59 Å². The Labute approximate surface area is 103 Å². The molecule has 0 aromatic rings. The summed E-state index contributed by atoms with van der Waals surface area (Å²) >= 11 is 0. The molecule has 0 aliphatic rings. The highest BCUT2D eigenvalue weighted by atomic mass is 16.2. The predicted molar refractivity (Wildman–Crippen MR) is 68.0 cm³/mol. The van der Waals surface area contributed by atoms with Gasteiger partial charge in [0.2, 0.25) is 12.2 Å². The molecule has 0 saturated heterocycles. The maximum atomic E-state index is 11.6. The molecule has 0 heterocycles. The van der Waals surface area contributed by atoms with Crippen molar-refractivity contribution in [3.63, 3.8) is 0 Å². The lowest BCUT2D eigenvalue weighted by atomic mass is 10.1. The first-order valence-corrected chi connectivity index (χ1v) is 6.29. The Kier molecular flexibility index (Phi) is 9.66. The van der Waals surface area contributed by atoms with Gasteiger partial charge in [0.25, 0.3) is 0 Å². The summed E-state index contributed by atoms with van der Waals surface area (Å²) in [5.41, 5.74) is 11.1. The van der Waals surface area contributed by atoms with Crippen molar-refractivity contribution < 1.29 is 9.59 Å². The average Bonchev–Trinajstić information content (AvgIpc) is 2.34. The number of nitrogens with one attached hydrogen (secondary N) is 1. The number of carbonyl (C=O) groups is 1. The lowest BCUT2D eigenvalue weighted by Gasteiger charge is -2.15. The molecular formula is C12H24N3O2. The van der Waals surface area contributed by atoms with Crippen LogP contribution in [0.5, 0.6) is 0 Å². The molecule has 0 fully saturated rings. The maximum Gasteiger partial charge on any atom is 0.237 e. The van der Waals surface area contributed by atoms with Crippen LogP contribution in [0.2, 0.25) is 0 Å². The summed E-state index contributed by atoms with van der Waals surface area (Å²) in [7, 11) is 0. The van der Waals surface area contributed by atoms with Crippen molar-refractivity contribution in [3.8, 4) is 0 Å². The molecule has 0 aromatic carbocycles. The van der Waals surface area contributed by atoms with Crippen LogP contribution in [0.25, 0.3) is 0 Å². The van der Waals surface area contributed by atoms with Crippen LogP contribution in [0.3, 0.4) is 0 Å². The predicted octanol–water partition coefficient (Wildman–Crippen LogP) is 0.227. The van der Waals surface area contributed by atoms with Gasteiger partial charge in [-0.2, -0.15) is 0 Å². The summed E-state index contributed by atoms with van der Waals surface area (Å²) < 4.78 is 0. The summed E-state index contributed by atoms with van der Waals surface area (Å²) in [5, 5.41) is 2.61. The van der Waals surface area contributed by atoms with Gasteiger partial charge in [0.15, 0.2) is 0 Å². The molecule has 2 atom stereocenters. The molecule has 0 saturated carbocycles. The van der Waals surface area contributed by atoms with Crippen LogP contribution in [0, 0.1) is 0 Å². The first kappa shape index (κ1) is 16.1. The number of nitrogens with two attached hydrogens (primary N) is 2. The Morgan fingerprint density at radius 3 is 2.53 bits per heavy atom. The Morgan fingerprint density at radius 2 is 2.00 bits per heavy atom. The second kappa shape index (κ2) is 10.2. The molecule has 2 unspecified atom stereocenters. The monoisotopic (exact) mass is 242 g/mol. The Balaban J connectivity index is 3.90. The topological polar surface area (TPSA) is 98.2 Å². The maximum absolute atomic E-state index is 11.6. The van der Waals surface area contributed by atoms with E-state index in [-0.39, 0.29) is 5.91 Å². The van der Waals surface area contributed by atoms with E-state index in [0.29, 0.717) is 19.4 Å². The third-order valence-corrected chi connectivity index (χ3v) is 2.61. The molecule has 17 heavy (non-hydrogen) atoms. The lowest BCUT2D eigenvalue weighted by molar-refractivity contribution is -0.122. The molecule has 0 bridgehead atoms. The summed E-state index contributed by atoms with van der Waals surface area (Å²) in [6.45, 7) is 2.64. The standard InChI is InChI=1S/C12H24N3O2/c1-2-3-6-10(9-16)15-12(17)11(14)7-4-5-8-13/h10-11H,2-8,13-14H2,1H3,(H,15,17). The molecule has 0 aliphatic heterocycles. The van der Waals surface area contributed by atoms with Crippen LogP contribution in [0.15, 0.2) is 0 Å². The fourth-order valence-electron chi connectivity index (χ4n) is 1.49. The van der Waals surface area contributed by atoms with Crippen molar-refractivity contribution in [2.24, 2.45) is 11.5 Å². The van der Waals surface area contributed by atoms with E-state index in [1.54, 1.807) is 0 Å². The van der Waals surface area contributed by atoms with Crippen molar-refractivity contribution in [3.05, 3.63) is 0 Å². The van der Waals surface area contributed by atoms with E-state index >= 15 is 0 Å². The number of hydrogen-bond donors (Lipinski definition) is 3. The van der Waals surface area contributed by atoms with Gasteiger partial charge in [-0.1, -0.05) is 26.2 Å². The third-order valence-electron chi connectivity index (χ3n) is 2.61. The number of unbranched alkanes of at least 4 members (excludes halogenated alkanes) is 2. The molecule has 5 N–H and O–H groups in total. The van der Waals surface area contributed by atoms with Crippen LogP contribution < -0.4 is 16.8 Å². The Hall–Kier alpha value is -0.940. The number of amides is 1. The number of hydrogen-bond acceptors (Lipinski definition) is 4. The second-order valence-electron chi connectivity index (χ2n) is 4.21. The Morgan fingerprint density at radius 1 is 1.29 bits per heavy atom. The molecule has 1 radical (unpaired) electrons. The fourth-order valence-corrected chi connectivity index (χ4v) is 1.49. The van der Waals surface area contributed by atoms with E-state index in [4.69, 9.17) is 11.5 Å². The highest BCUT2D eigenvalue weighted by molar-refractivity contribution is 5.84. The summed E-state index contributed by atoms with van der Waals surface area (Å²) in [6.07, 6.45) is 6.62. The van der Waals surface area contributed by atoms with E-state index in [1.807, 2.05) is 13.2 Å². The van der Waals surface area contributed by atoms with Gasteiger partial charge in [-0.15, -0.1) is 0 Å². The summed E-state index contributed by atoms with van der Waals surface area (Å²) in [4.78, 5) is 22.3. The number of rotatable bonds is 10. The van der Waals surface area contributed by atoms with Crippen LogP contribution >= 0.6 is 0 Å². The van der Waals surface area contributed by atoms with Gasteiger partial charge < -0.3 is 16.8 Å². The van der Waals surface area contributed by atoms with Crippen LogP contribution in [-0.4, -0.2) is 30.8 Å².